The van der Waals surface area contributed by atoms with Crippen LogP contribution in [0.25, 0.3) is 33.7 Å². The molecule has 8 rings (SSSR count). The maximum absolute atomic E-state index is 13.0. The van der Waals surface area contributed by atoms with Crippen LogP contribution < -0.4 is 5.32 Å². The molecule has 1 aliphatic heterocycles. The Hall–Kier alpha value is -4.38. The van der Waals surface area contributed by atoms with Crippen molar-refractivity contribution in [2.45, 2.75) is 83.7 Å². The maximum atomic E-state index is 13.0. The summed E-state index contributed by atoms with van der Waals surface area (Å²) in [5.74, 6) is 1.14. The van der Waals surface area contributed by atoms with Crippen molar-refractivity contribution >= 4 is 17.1 Å². The quantitative estimate of drug-likeness (QED) is 0.243. The minimum Gasteiger partial charge on any atom is -0.381 e. The average Bonchev–Trinajstić information content (AvgIpc) is 3.40. The number of pyridine rings is 1. The first kappa shape index (κ1) is 28.4. The van der Waals surface area contributed by atoms with E-state index in [1.807, 2.05) is 18.5 Å². The molecule has 4 aromatic heterocycles. The first-order valence-electron chi connectivity index (χ1n) is 15.2. The van der Waals surface area contributed by atoms with E-state index in [2.05, 4.69) is 62.2 Å². The third kappa shape index (κ3) is 4.89. The highest BCUT2D eigenvalue weighted by atomic mass is 16.5. The Labute approximate surface area is 255 Å². The van der Waals surface area contributed by atoms with Gasteiger partial charge in [0.15, 0.2) is 5.65 Å². The Balaban J connectivity index is 0.00000312. The number of nitrogens with zero attached hydrogens (tertiary/aromatic N) is 6. The molecule has 1 saturated carbocycles. The number of aryl methyl sites for hydroxylation is 1. The molecule has 0 spiro atoms. The molecule has 3 aliphatic rings. The van der Waals surface area contributed by atoms with E-state index in [0.29, 0.717) is 17.6 Å². The molecular formula is C33H38N8O3. The number of hydrogen-bond acceptors (Lipinski definition) is 8. The molecule has 5 aromatic rings. The molecule has 44 heavy (non-hydrogen) atoms. The molecule has 0 unspecified atom stereocenters. The van der Waals surface area contributed by atoms with Gasteiger partial charge in [-0.15, -0.1) is 0 Å². The number of benzene rings is 1. The molecule has 1 amide bonds. The molecule has 5 heterocycles. The number of carbonyl (C=O) groups is 1. The molecule has 0 bridgehead atoms. The third-order valence-corrected chi connectivity index (χ3v) is 9.45. The highest BCUT2D eigenvalue weighted by molar-refractivity contribution is 5.92. The Morgan fingerprint density at radius 3 is 2.77 bits per heavy atom. The molecule has 2 N–H and O–H groups in total. The molecule has 1 saturated heterocycles. The van der Waals surface area contributed by atoms with E-state index in [1.54, 1.807) is 0 Å². The van der Waals surface area contributed by atoms with Crippen LogP contribution in [0.2, 0.25) is 0 Å². The van der Waals surface area contributed by atoms with E-state index in [1.165, 1.54) is 5.56 Å². The lowest BCUT2D eigenvalue weighted by Crippen LogP contribution is -2.31. The summed E-state index contributed by atoms with van der Waals surface area (Å²) in [5.41, 5.74) is 8.07. The van der Waals surface area contributed by atoms with Gasteiger partial charge in [0, 0.05) is 36.1 Å². The fourth-order valence-electron chi connectivity index (χ4n) is 6.55. The molecule has 228 valence electrons. The minimum atomic E-state index is -0.294. The van der Waals surface area contributed by atoms with Crippen LogP contribution in [-0.2, 0) is 16.6 Å². The Bertz CT molecular complexity index is 1840. The number of imidazole rings is 1. The normalized spacial score (nSPS) is 19.4. The summed E-state index contributed by atoms with van der Waals surface area (Å²) in [4.78, 5) is 30.4. The highest BCUT2D eigenvalue weighted by Crippen LogP contribution is 2.46. The van der Waals surface area contributed by atoms with Crippen molar-refractivity contribution in [2.24, 2.45) is 0 Å². The van der Waals surface area contributed by atoms with Crippen LogP contribution in [0.4, 0.5) is 0 Å². The van der Waals surface area contributed by atoms with Crippen molar-refractivity contribution in [3.8, 4) is 22.5 Å². The Kier molecular flexibility index (Phi) is 7.07. The van der Waals surface area contributed by atoms with Gasteiger partial charge in [-0.3, -0.25) is 9.48 Å². The van der Waals surface area contributed by atoms with Gasteiger partial charge in [0.2, 0.25) is 5.89 Å². The summed E-state index contributed by atoms with van der Waals surface area (Å²) in [6.07, 6.45) is 10.5. The number of aromatic nitrogens is 7. The van der Waals surface area contributed by atoms with E-state index >= 15 is 0 Å². The molecule has 1 aromatic carbocycles. The van der Waals surface area contributed by atoms with Crippen LogP contribution in [-0.4, -0.2) is 54.0 Å². The van der Waals surface area contributed by atoms with E-state index < -0.39 is 0 Å². The number of H-pyrrole nitrogens is 1. The van der Waals surface area contributed by atoms with Gasteiger partial charge in [-0.2, -0.15) is 10.1 Å². The summed E-state index contributed by atoms with van der Waals surface area (Å²) in [5, 5.41) is 11.8. The standard InChI is InChI=1S/C32H34N8O3.CH4/c1-18-24(17-34-40(18)21-9-14-42-15-10-21)27-36-26-23(8-13-33-28(26)37-27)20-6-7-22-19(16-20)4-3-5-25(22)35-30(41)29-38-31(43-39-29)32(2)11-12-32;/h6-8,13,16-17,21,25H,3-5,9-12,14-15H2,1-2H3,(H,35,41)(H,33,36,37);1H4/t25-;/m1./s1. The highest BCUT2D eigenvalue weighted by Gasteiger charge is 2.45. The topological polar surface area (TPSA) is 137 Å². The summed E-state index contributed by atoms with van der Waals surface area (Å²) < 4.78 is 13.0. The molecule has 11 heteroatoms. The second-order valence-electron chi connectivity index (χ2n) is 12.4. The van der Waals surface area contributed by atoms with Gasteiger partial charge in [-0.05, 0) is 74.6 Å². The summed E-state index contributed by atoms with van der Waals surface area (Å²) >= 11 is 0. The van der Waals surface area contributed by atoms with Gasteiger partial charge >= 0.3 is 0 Å². The second-order valence-corrected chi connectivity index (χ2v) is 12.4. The van der Waals surface area contributed by atoms with Crippen molar-refractivity contribution in [1.29, 1.82) is 0 Å². The van der Waals surface area contributed by atoms with Gasteiger partial charge in [0.1, 0.15) is 5.82 Å². The molecule has 11 nitrogen and oxygen atoms in total. The van der Waals surface area contributed by atoms with Gasteiger partial charge in [-0.25, -0.2) is 9.97 Å². The van der Waals surface area contributed by atoms with Crippen molar-refractivity contribution in [2.75, 3.05) is 13.2 Å². The average molecular weight is 595 g/mol. The summed E-state index contributed by atoms with van der Waals surface area (Å²) in [6.45, 7) is 5.72. The number of nitrogens with one attached hydrogen (secondary N) is 2. The predicted octanol–water partition coefficient (Wildman–Crippen LogP) is 6.03. The fourth-order valence-corrected chi connectivity index (χ4v) is 6.55. The largest absolute Gasteiger partial charge is 0.381 e. The summed E-state index contributed by atoms with van der Waals surface area (Å²) in [7, 11) is 0. The second kappa shape index (κ2) is 11.0. The van der Waals surface area contributed by atoms with E-state index in [0.717, 1.165) is 97.4 Å². The van der Waals surface area contributed by atoms with Crippen LogP contribution in [0.15, 0.2) is 41.2 Å². The Morgan fingerprint density at radius 2 is 1.95 bits per heavy atom. The summed E-state index contributed by atoms with van der Waals surface area (Å²) in [6, 6.07) is 8.76. The van der Waals surface area contributed by atoms with Crippen molar-refractivity contribution < 1.29 is 14.1 Å². The van der Waals surface area contributed by atoms with E-state index in [-0.39, 0.29) is 30.6 Å². The van der Waals surface area contributed by atoms with Crippen LogP contribution in [0.5, 0.6) is 0 Å². The molecule has 2 fully saturated rings. The number of ether oxygens (including phenoxy) is 1. The smallest absolute Gasteiger partial charge is 0.293 e. The molecular weight excluding hydrogens is 556 g/mol. The number of aromatic amines is 1. The predicted molar refractivity (Wildman–Crippen MR) is 165 cm³/mol. The zero-order chi connectivity index (χ0) is 29.1. The van der Waals surface area contributed by atoms with Crippen molar-refractivity contribution in [3.63, 3.8) is 0 Å². The lowest BCUT2D eigenvalue weighted by molar-refractivity contribution is 0.0657. The number of amides is 1. The first-order valence-corrected chi connectivity index (χ1v) is 15.2. The lowest BCUT2D eigenvalue weighted by Gasteiger charge is -2.26. The van der Waals surface area contributed by atoms with E-state index in [9.17, 15) is 4.79 Å². The first-order chi connectivity index (χ1) is 21.0. The SMILES string of the molecule is C.Cc1c(-c2nc3nccc(-c4ccc5c(c4)CCC[C@H]5NC(=O)c4noc(C5(C)CC5)n4)c3[nH]2)cnn1C1CCOCC1. The monoisotopic (exact) mass is 594 g/mol. The number of fused-ring (bicyclic) bond motifs is 2. The maximum Gasteiger partial charge on any atom is 0.293 e. The zero-order valence-electron chi connectivity index (χ0n) is 24.4. The number of hydrogen-bond donors (Lipinski definition) is 2. The van der Waals surface area contributed by atoms with Crippen LogP contribution in [0.3, 0.4) is 0 Å². The fraction of sp³-hybridized carbons (Fsp3) is 0.455. The molecule has 2 aliphatic carbocycles. The van der Waals surface area contributed by atoms with E-state index in [4.69, 9.17) is 19.3 Å². The molecule has 0 radical (unpaired) electrons. The van der Waals surface area contributed by atoms with Gasteiger partial charge in [0.25, 0.3) is 11.7 Å². The van der Waals surface area contributed by atoms with Crippen molar-refractivity contribution in [1.82, 2.24) is 40.2 Å². The third-order valence-electron chi connectivity index (χ3n) is 9.45. The van der Waals surface area contributed by atoms with Gasteiger partial charge < -0.3 is 19.6 Å². The van der Waals surface area contributed by atoms with Gasteiger partial charge in [-0.1, -0.05) is 37.7 Å². The lowest BCUT2D eigenvalue weighted by atomic mass is 9.85. The zero-order valence-corrected chi connectivity index (χ0v) is 24.4. The van der Waals surface area contributed by atoms with Crippen LogP contribution in [0.1, 0.15) is 98.3 Å². The minimum absolute atomic E-state index is 0. The van der Waals surface area contributed by atoms with Gasteiger partial charge in [0.05, 0.1) is 29.4 Å². The molecule has 1 atom stereocenters. The van der Waals surface area contributed by atoms with Crippen LogP contribution >= 0.6 is 0 Å². The van der Waals surface area contributed by atoms with Crippen molar-refractivity contribution in [3.05, 3.63) is 65.2 Å². The Morgan fingerprint density at radius 1 is 1.11 bits per heavy atom. The number of rotatable bonds is 6. The number of carbonyl (C=O) groups excluding carboxylic acids is 1. The van der Waals surface area contributed by atoms with Crippen LogP contribution in [0, 0.1) is 6.92 Å².